The number of aliphatic imine (C=N–C) groups is 1. The second-order valence-corrected chi connectivity index (χ2v) is 7.83. The number of guanidine groups is 1. The maximum Gasteiger partial charge on any atom is 0.433 e. The number of nitrogens with zero attached hydrogens (tertiary/aromatic N) is 4. The lowest BCUT2D eigenvalue weighted by Gasteiger charge is -2.13. The minimum atomic E-state index is -4.43. The maximum atomic E-state index is 12.6. The normalized spacial score (nSPS) is 14.5. The van der Waals surface area contributed by atoms with Crippen molar-refractivity contribution in [1.82, 2.24) is 20.3 Å². The topological polar surface area (TPSA) is 75.1 Å². The van der Waals surface area contributed by atoms with E-state index in [1.807, 2.05) is 10.8 Å². The van der Waals surface area contributed by atoms with E-state index in [0.29, 0.717) is 12.0 Å². The maximum absolute atomic E-state index is 12.6. The first-order valence-electron chi connectivity index (χ1n) is 8.45. The smallest absolute Gasteiger partial charge is 0.356 e. The lowest BCUT2D eigenvalue weighted by Crippen LogP contribution is -2.35. The van der Waals surface area contributed by atoms with Gasteiger partial charge in [-0.2, -0.15) is 13.2 Å². The van der Waals surface area contributed by atoms with Crippen LogP contribution in [0.5, 0.6) is 0 Å². The molecule has 3 aromatic heterocycles. The van der Waals surface area contributed by atoms with E-state index in [1.54, 1.807) is 0 Å². The highest BCUT2D eigenvalue weighted by Gasteiger charge is 2.32. The Kier molecular flexibility index (Phi) is 5.27. The van der Waals surface area contributed by atoms with Crippen LogP contribution in [0.2, 0.25) is 0 Å². The van der Waals surface area contributed by atoms with Crippen LogP contribution in [-0.4, -0.2) is 34.0 Å². The van der Waals surface area contributed by atoms with E-state index in [-0.39, 0.29) is 0 Å². The quantitative estimate of drug-likeness (QED) is 0.661. The third-order valence-corrected chi connectivity index (χ3v) is 5.52. The fourth-order valence-electron chi connectivity index (χ4n) is 2.55. The number of nitrogens with one attached hydrogen (secondary N) is 2. The summed E-state index contributed by atoms with van der Waals surface area (Å²) < 4.78 is 37.8. The van der Waals surface area contributed by atoms with Crippen molar-refractivity contribution >= 4 is 33.8 Å². The molecule has 0 saturated heterocycles. The number of thiazole rings is 2. The third-order valence-electron chi connectivity index (χ3n) is 3.91. The molecule has 0 bridgehead atoms. The minimum absolute atomic E-state index is 0.422. The van der Waals surface area contributed by atoms with Crippen LogP contribution >= 0.6 is 22.7 Å². The summed E-state index contributed by atoms with van der Waals surface area (Å²) in [5, 5.41) is 11.6. The molecular weight excluding hydrogens is 409 g/mol. The number of pyridine rings is 1. The number of anilines is 1. The number of alkyl halides is 3. The molecule has 0 radical (unpaired) electrons. The molecule has 4 heterocycles. The molecule has 0 amide bonds. The number of hydrogen-bond donors (Lipinski definition) is 2. The Morgan fingerprint density at radius 1 is 1.11 bits per heavy atom. The molecule has 1 aliphatic rings. The molecule has 11 heteroatoms. The van der Waals surface area contributed by atoms with Crippen LogP contribution < -0.4 is 10.6 Å². The molecule has 0 spiro atoms. The Morgan fingerprint density at radius 2 is 1.93 bits per heavy atom. The van der Waals surface area contributed by atoms with Gasteiger partial charge in [-0.05, 0) is 18.1 Å². The van der Waals surface area contributed by atoms with E-state index >= 15 is 0 Å². The number of aromatic nitrogens is 3. The van der Waals surface area contributed by atoms with Crippen molar-refractivity contribution in [3.63, 3.8) is 0 Å². The highest BCUT2D eigenvalue weighted by atomic mass is 32.1. The van der Waals surface area contributed by atoms with Gasteiger partial charge in [0, 0.05) is 36.5 Å². The summed E-state index contributed by atoms with van der Waals surface area (Å²) in [7, 11) is 0. The first kappa shape index (κ1) is 18.8. The molecule has 3 aromatic rings. The molecule has 0 unspecified atom stereocenters. The summed E-state index contributed by atoms with van der Waals surface area (Å²) in [4.78, 5) is 16.9. The number of halogens is 3. The van der Waals surface area contributed by atoms with E-state index in [2.05, 4.69) is 30.6 Å². The molecule has 0 aromatic carbocycles. The van der Waals surface area contributed by atoms with E-state index in [9.17, 15) is 13.2 Å². The molecule has 146 valence electrons. The summed E-state index contributed by atoms with van der Waals surface area (Å²) in [5.41, 5.74) is 1.27. The Hall–Kier alpha value is -2.53. The molecule has 4 rings (SSSR count). The van der Waals surface area contributed by atoms with Gasteiger partial charge in [0.05, 0.1) is 5.01 Å². The van der Waals surface area contributed by atoms with Crippen molar-refractivity contribution in [1.29, 1.82) is 0 Å². The van der Waals surface area contributed by atoms with Crippen molar-refractivity contribution in [2.24, 2.45) is 4.99 Å². The summed E-state index contributed by atoms with van der Waals surface area (Å²) in [5.74, 6) is 0.723. The molecule has 0 aliphatic carbocycles. The highest BCUT2D eigenvalue weighted by molar-refractivity contribution is 7.14. The second-order valence-electron chi connectivity index (χ2n) is 6.03. The van der Waals surface area contributed by atoms with Crippen LogP contribution in [0.15, 0.2) is 34.1 Å². The van der Waals surface area contributed by atoms with Crippen LogP contribution in [0.1, 0.15) is 22.7 Å². The number of rotatable bonds is 4. The fraction of sp³-hybridized carbons (Fsp3) is 0.294. The third kappa shape index (κ3) is 4.47. The summed E-state index contributed by atoms with van der Waals surface area (Å²) in [6.07, 6.45) is -1.75. The molecule has 1 aliphatic heterocycles. The average Bonchev–Trinajstić information content (AvgIpc) is 3.32. The Labute approximate surface area is 166 Å². The van der Waals surface area contributed by atoms with Crippen molar-refractivity contribution in [3.05, 3.63) is 45.4 Å². The largest absolute Gasteiger partial charge is 0.433 e. The molecule has 0 fully saturated rings. The zero-order chi connectivity index (χ0) is 19.6. The van der Waals surface area contributed by atoms with Crippen molar-refractivity contribution in [2.75, 3.05) is 18.4 Å². The summed E-state index contributed by atoms with van der Waals surface area (Å²) in [6, 6.07) is 2.42. The van der Waals surface area contributed by atoms with Gasteiger partial charge in [-0.3, -0.25) is 9.98 Å². The first-order chi connectivity index (χ1) is 13.5. The van der Waals surface area contributed by atoms with Gasteiger partial charge in [0.2, 0.25) is 0 Å². The lowest BCUT2D eigenvalue weighted by atomic mass is 10.2. The Balaban J connectivity index is 1.42. The zero-order valence-electron chi connectivity index (χ0n) is 14.5. The second kappa shape index (κ2) is 7.84. The van der Waals surface area contributed by atoms with Gasteiger partial charge in [0.1, 0.15) is 17.1 Å². The van der Waals surface area contributed by atoms with E-state index in [4.69, 9.17) is 0 Å². The van der Waals surface area contributed by atoms with E-state index < -0.39 is 11.9 Å². The molecule has 2 N–H and O–H groups in total. The summed E-state index contributed by atoms with van der Waals surface area (Å²) >= 11 is 2.90. The van der Waals surface area contributed by atoms with Crippen molar-refractivity contribution in [2.45, 2.75) is 19.0 Å². The van der Waals surface area contributed by atoms with Gasteiger partial charge in [-0.25, -0.2) is 9.97 Å². The predicted octanol–water partition coefficient (Wildman–Crippen LogP) is 4.03. The highest BCUT2D eigenvalue weighted by Crippen LogP contribution is 2.29. The zero-order valence-corrected chi connectivity index (χ0v) is 16.1. The van der Waals surface area contributed by atoms with Gasteiger partial charge in [-0.15, -0.1) is 22.7 Å². The van der Waals surface area contributed by atoms with Gasteiger partial charge in [-0.1, -0.05) is 6.07 Å². The van der Waals surface area contributed by atoms with E-state index in [1.165, 1.54) is 34.9 Å². The Bertz CT molecular complexity index is 977. The minimum Gasteiger partial charge on any atom is -0.356 e. The first-order valence-corrected chi connectivity index (χ1v) is 10.2. The fourth-order valence-corrected chi connectivity index (χ4v) is 4.07. The van der Waals surface area contributed by atoms with Crippen LogP contribution in [0.4, 0.5) is 18.3 Å². The monoisotopic (exact) mass is 424 g/mol. The Morgan fingerprint density at radius 3 is 2.64 bits per heavy atom. The van der Waals surface area contributed by atoms with Gasteiger partial charge < -0.3 is 10.6 Å². The van der Waals surface area contributed by atoms with Gasteiger partial charge >= 0.3 is 6.18 Å². The SMILES string of the molecule is FC(F)(F)c1ccc(Cc2nc(-c3csc(NC4=NCCCN4)n3)cs2)cn1. The van der Waals surface area contributed by atoms with Crippen LogP contribution in [0.3, 0.4) is 0 Å². The van der Waals surface area contributed by atoms with Crippen LogP contribution in [0.25, 0.3) is 11.4 Å². The molecule has 28 heavy (non-hydrogen) atoms. The predicted molar refractivity (Wildman–Crippen MR) is 104 cm³/mol. The van der Waals surface area contributed by atoms with Crippen molar-refractivity contribution in [3.8, 4) is 11.4 Å². The standard InChI is InChI=1S/C17H15F3N6S2/c18-17(19,20)13-3-2-10(7-23-13)6-14-24-11(8-27-14)12-9-28-16(25-12)26-15-21-4-1-5-22-15/h2-3,7-9H,1,4-6H2,(H2,21,22,25,26). The van der Waals surface area contributed by atoms with Gasteiger partial charge in [0.15, 0.2) is 11.1 Å². The average molecular weight is 424 g/mol. The lowest BCUT2D eigenvalue weighted by molar-refractivity contribution is -0.141. The summed E-state index contributed by atoms with van der Waals surface area (Å²) in [6.45, 7) is 1.68. The van der Waals surface area contributed by atoms with Crippen LogP contribution in [0, 0.1) is 0 Å². The van der Waals surface area contributed by atoms with Crippen LogP contribution in [-0.2, 0) is 12.6 Å². The van der Waals surface area contributed by atoms with E-state index in [0.717, 1.165) is 53.1 Å². The van der Waals surface area contributed by atoms with Crippen molar-refractivity contribution < 1.29 is 13.2 Å². The molecule has 6 nitrogen and oxygen atoms in total. The molecular formula is C17H15F3N6S2. The molecule has 0 atom stereocenters. The molecule has 0 saturated carbocycles. The number of hydrogen-bond acceptors (Lipinski definition) is 8. The van der Waals surface area contributed by atoms with Gasteiger partial charge in [0.25, 0.3) is 0 Å².